The van der Waals surface area contributed by atoms with Crippen LogP contribution in [0.2, 0.25) is 0 Å². The second-order valence-electron chi connectivity index (χ2n) is 5.14. The molecule has 6 heteroatoms. The van der Waals surface area contributed by atoms with Gasteiger partial charge in [0.1, 0.15) is 11.7 Å². The van der Waals surface area contributed by atoms with Gasteiger partial charge in [0.05, 0.1) is 0 Å². The van der Waals surface area contributed by atoms with Gasteiger partial charge in [-0.1, -0.05) is 0 Å². The first-order chi connectivity index (χ1) is 9.50. The minimum absolute atomic E-state index is 0.296. The van der Waals surface area contributed by atoms with Crippen LogP contribution in [0.1, 0.15) is 29.8 Å². The zero-order valence-electron chi connectivity index (χ0n) is 11.7. The van der Waals surface area contributed by atoms with Crippen LogP contribution >= 0.6 is 0 Å². The molecule has 0 aliphatic carbocycles. The van der Waals surface area contributed by atoms with Gasteiger partial charge in [-0.2, -0.15) is 0 Å². The Kier molecular flexibility index (Phi) is 4.22. The summed E-state index contributed by atoms with van der Waals surface area (Å²) < 4.78 is 0. The average molecular weight is 277 g/mol. The van der Waals surface area contributed by atoms with E-state index in [2.05, 4.69) is 4.98 Å². The number of amides is 1. The number of rotatable bonds is 3. The molecule has 0 bridgehead atoms. The highest BCUT2D eigenvalue weighted by molar-refractivity contribution is 5.95. The maximum Gasteiger partial charge on any atom is 0.326 e. The number of nitrogens with zero attached hydrogens (tertiary/aromatic N) is 3. The number of anilines is 1. The van der Waals surface area contributed by atoms with Gasteiger partial charge < -0.3 is 14.9 Å². The standard InChI is InChI=1S/C14H19N3O3/c1-16(2)10-6-7-15-11(9-10)13(18)17-8-4-3-5-12(17)14(19)20/h6-7,9,12H,3-5,8H2,1-2H3,(H,19,20). The fourth-order valence-electron chi connectivity index (χ4n) is 2.39. The van der Waals surface area contributed by atoms with Crippen molar-refractivity contribution in [2.24, 2.45) is 0 Å². The van der Waals surface area contributed by atoms with Gasteiger partial charge in [0, 0.05) is 32.5 Å². The number of piperidine rings is 1. The summed E-state index contributed by atoms with van der Waals surface area (Å²) in [6.45, 7) is 0.476. The molecule has 1 unspecified atom stereocenters. The van der Waals surface area contributed by atoms with Gasteiger partial charge in [-0.3, -0.25) is 9.78 Å². The Morgan fingerprint density at radius 2 is 2.15 bits per heavy atom. The summed E-state index contributed by atoms with van der Waals surface area (Å²) in [7, 11) is 3.76. The predicted molar refractivity (Wildman–Crippen MR) is 74.9 cm³/mol. The molecule has 108 valence electrons. The van der Waals surface area contributed by atoms with E-state index in [1.807, 2.05) is 25.1 Å². The molecule has 2 rings (SSSR count). The van der Waals surface area contributed by atoms with Crippen molar-refractivity contribution in [3.05, 3.63) is 24.0 Å². The van der Waals surface area contributed by atoms with Crippen molar-refractivity contribution in [2.75, 3.05) is 25.5 Å². The molecule has 0 saturated carbocycles. The van der Waals surface area contributed by atoms with Crippen LogP contribution in [0.15, 0.2) is 18.3 Å². The second kappa shape index (κ2) is 5.90. The van der Waals surface area contributed by atoms with Crippen molar-refractivity contribution >= 4 is 17.6 Å². The van der Waals surface area contributed by atoms with Crippen LogP contribution in [0.25, 0.3) is 0 Å². The highest BCUT2D eigenvalue weighted by Gasteiger charge is 2.33. The highest BCUT2D eigenvalue weighted by atomic mass is 16.4. The van der Waals surface area contributed by atoms with Gasteiger partial charge in [0.25, 0.3) is 5.91 Å². The molecule has 1 amide bonds. The number of likely N-dealkylation sites (tertiary alicyclic amines) is 1. The summed E-state index contributed by atoms with van der Waals surface area (Å²) in [5.74, 6) is -1.25. The van der Waals surface area contributed by atoms with Gasteiger partial charge in [0.2, 0.25) is 0 Å². The summed E-state index contributed by atoms with van der Waals surface area (Å²) in [4.78, 5) is 31.1. The van der Waals surface area contributed by atoms with Gasteiger partial charge >= 0.3 is 5.97 Å². The summed E-state index contributed by atoms with van der Waals surface area (Å²) in [6.07, 6.45) is 3.76. The van der Waals surface area contributed by atoms with E-state index in [0.717, 1.165) is 18.5 Å². The first kappa shape index (κ1) is 14.3. The number of aliphatic carboxylic acids is 1. The zero-order chi connectivity index (χ0) is 14.7. The number of carbonyl (C=O) groups is 2. The van der Waals surface area contributed by atoms with E-state index in [4.69, 9.17) is 0 Å². The van der Waals surface area contributed by atoms with Crippen LogP contribution in [-0.4, -0.2) is 53.5 Å². The molecule has 1 aromatic heterocycles. The van der Waals surface area contributed by atoms with Gasteiger partial charge in [-0.15, -0.1) is 0 Å². The van der Waals surface area contributed by atoms with Gasteiger partial charge in [-0.05, 0) is 31.4 Å². The summed E-state index contributed by atoms with van der Waals surface area (Å²) in [6, 6.07) is 2.76. The maximum atomic E-state index is 12.5. The number of carboxylic acids is 1. The van der Waals surface area contributed by atoms with E-state index in [-0.39, 0.29) is 5.91 Å². The molecule has 20 heavy (non-hydrogen) atoms. The van der Waals surface area contributed by atoms with Crippen molar-refractivity contribution < 1.29 is 14.7 Å². The first-order valence-corrected chi connectivity index (χ1v) is 6.68. The van der Waals surface area contributed by atoms with E-state index in [0.29, 0.717) is 18.7 Å². The van der Waals surface area contributed by atoms with Crippen molar-refractivity contribution in [1.29, 1.82) is 0 Å². The summed E-state index contributed by atoms with van der Waals surface area (Å²) in [5, 5.41) is 9.22. The number of hydrogen-bond acceptors (Lipinski definition) is 4. The lowest BCUT2D eigenvalue weighted by Gasteiger charge is -2.32. The number of aromatic nitrogens is 1. The Labute approximate surface area is 118 Å². The molecule has 0 spiro atoms. The van der Waals surface area contributed by atoms with Crippen molar-refractivity contribution in [1.82, 2.24) is 9.88 Å². The molecule has 1 N–H and O–H groups in total. The van der Waals surface area contributed by atoms with E-state index in [9.17, 15) is 14.7 Å². The van der Waals surface area contributed by atoms with E-state index in [1.54, 1.807) is 12.3 Å². The molecule has 1 saturated heterocycles. The van der Waals surface area contributed by atoms with Crippen molar-refractivity contribution in [2.45, 2.75) is 25.3 Å². The fraction of sp³-hybridized carbons (Fsp3) is 0.500. The molecular weight excluding hydrogens is 258 g/mol. The number of carboxylic acid groups (broad SMARTS) is 1. The molecule has 6 nitrogen and oxygen atoms in total. The van der Waals surface area contributed by atoms with E-state index < -0.39 is 12.0 Å². The Morgan fingerprint density at radius 1 is 1.40 bits per heavy atom. The number of pyridine rings is 1. The minimum Gasteiger partial charge on any atom is -0.480 e. The number of hydrogen-bond donors (Lipinski definition) is 1. The molecule has 1 aromatic rings. The Balaban J connectivity index is 2.25. The van der Waals surface area contributed by atoms with E-state index in [1.165, 1.54) is 4.90 Å². The topological polar surface area (TPSA) is 73.7 Å². The van der Waals surface area contributed by atoms with E-state index >= 15 is 0 Å². The zero-order valence-corrected chi connectivity index (χ0v) is 11.7. The van der Waals surface area contributed by atoms with Crippen molar-refractivity contribution in [3.8, 4) is 0 Å². The highest BCUT2D eigenvalue weighted by Crippen LogP contribution is 2.20. The van der Waals surface area contributed by atoms with Crippen LogP contribution in [0.3, 0.4) is 0 Å². The molecule has 1 aliphatic heterocycles. The molecule has 0 radical (unpaired) electrons. The lowest BCUT2D eigenvalue weighted by atomic mass is 10.0. The van der Waals surface area contributed by atoms with Crippen LogP contribution in [-0.2, 0) is 4.79 Å². The molecule has 1 fully saturated rings. The van der Waals surface area contributed by atoms with Crippen LogP contribution in [0.4, 0.5) is 5.69 Å². The van der Waals surface area contributed by atoms with Crippen LogP contribution in [0, 0.1) is 0 Å². The quantitative estimate of drug-likeness (QED) is 0.899. The average Bonchev–Trinajstić information content (AvgIpc) is 2.46. The monoisotopic (exact) mass is 277 g/mol. The van der Waals surface area contributed by atoms with Crippen molar-refractivity contribution in [3.63, 3.8) is 0 Å². The molecule has 1 aliphatic rings. The summed E-state index contributed by atoms with van der Waals surface area (Å²) in [5.41, 5.74) is 1.16. The third-order valence-corrected chi connectivity index (χ3v) is 3.53. The smallest absolute Gasteiger partial charge is 0.326 e. The third-order valence-electron chi connectivity index (χ3n) is 3.53. The molecule has 2 heterocycles. The second-order valence-corrected chi connectivity index (χ2v) is 5.14. The predicted octanol–water partition coefficient (Wildman–Crippen LogP) is 1.23. The molecule has 0 aromatic carbocycles. The minimum atomic E-state index is -0.943. The lowest BCUT2D eigenvalue weighted by molar-refractivity contribution is -0.143. The van der Waals surface area contributed by atoms with Gasteiger partial charge in [0.15, 0.2) is 0 Å². The maximum absolute atomic E-state index is 12.5. The number of carbonyl (C=O) groups excluding carboxylic acids is 1. The Bertz CT molecular complexity index is 516. The molecule has 1 atom stereocenters. The third kappa shape index (κ3) is 2.89. The largest absolute Gasteiger partial charge is 0.480 e. The Morgan fingerprint density at radius 3 is 2.80 bits per heavy atom. The fourth-order valence-corrected chi connectivity index (χ4v) is 2.39. The SMILES string of the molecule is CN(C)c1ccnc(C(=O)N2CCCCC2C(=O)O)c1. The van der Waals surface area contributed by atoms with Crippen LogP contribution < -0.4 is 4.90 Å². The normalized spacial score (nSPS) is 18.7. The summed E-state index contributed by atoms with van der Waals surface area (Å²) >= 11 is 0. The molecular formula is C14H19N3O3. The van der Waals surface area contributed by atoms with Gasteiger partial charge in [-0.25, -0.2) is 4.79 Å². The first-order valence-electron chi connectivity index (χ1n) is 6.68. The lowest BCUT2D eigenvalue weighted by Crippen LogP contribution is -2.48. The van der Waals surface area contributed by atoms with Crippen LogP contribution in [0.5, 0.6) is 0 Å². The Hall–Kier alpha value is -2.11.